The van der Waals surface area contributed by atoms with Crippen molar-refractivity contribution < 1.29 is 22.2 Å². The van der Waals surface area contributed by atoms with E-state index in [-0.39, 0.29) is 16.3 Å². The molecule has 0 aliphatic heterocycles. The highest BCUT2D eigenvalue weighted by Gasteiger charge is 2.40. The Kier molecular flexibility index (Phi) is 4.57. The van der Waals surface area contributed by atoms with E-state index in [0.29, 0.717) is 0 Å². The number of carbonyl (C=O) groups is 1. The Morgan fingerprint density at radius 1 is 1.29 bits per heavy atom. The van der Waals surface area contributed by atoms with Gasteiger partial charge in [-0.3, -0.25) is 4.55 Å². The highest BCUT2D eigenvalue weighted by atomic mass is 32.2. The summed E-state index contributed by atoms with van der Waals surface area (Å²) in [5.41, 5.74) is 5.41. The van der Waals surface area contributed by atoms with Crippen LogP contribution >= 0.6 is 0 Å². The summed E-state index contributed by atoms with van der Waals surface area (Å²) in [4.78, 5) is 11.7. The molecule has 8 heteroatoms. The van der Waals surface area contributed by atoms with Crippen molar-refractivity contribution in [3.63, 3.8) is 0 Å². The van der Waals surface area contributed by atoms with Gasteiger partial charge in [0.25, 0.3) is 18.4 Å². The van der Waals surface area contributed by atoms with Gasteiger partial charge in [0, 0.05) is 0 Å². The molecule has 0 aliphatic carbocycles. The number of nitrogen functional groups attached to an aromatic ring is 1. The molecule has 1 rings (SSSR count). The van der Waals surface area contributed by atoms with Crippen LogP contribution in [0.15, 0.2) is 23.1 Å². The number of hydrogen-bond acceptors (Lipinski definition) is 5. The predicted octanol–water partition coefficient (Wildman–Crippen LogP) is 2.68. The normalized spacial score (nSPS) is 13.0. The Morgan fingerprint density at radius 3 is 2.24 bits per heavy atom. The molecule has 0 spiro atoms. The van der Waals surface area contributed by atoms with E-state index in [0.717, 1.165) is 6.07 Å². The molecule has 0 aliphatic rings. The van der Waals surface area contributed by atoms with Crippen LogP contribution in [0.3, 0.4) is 0 Å². The first-order valence-electron chi connectivity index (χ1n) is 6.36. The van der Waals surface area contributed by atoms with Crippen LogP contribution in [0.1, 0.15) is 31.1 Å². The van der Waals surface area contributed by atoms with Crippen LogP contribution in [0.2, 0.25) is 18.1 Å². The predicted molar refractivity (Wildman–Crippen MR) is 83.3 cm³/mol. The minimum Gasteiger partial charge on any atom is -0.516 e. The van der Waals surface area contributed by atoms with Crippen molar-refractivity contribution in [2.45, 2.75) is 43.8 Å². The molecule has 0 amide bonds. The fourth-order valence-corrected chi connectivity index (χ4v) is 2.86. The molecule has 0 aromatic heterocycles. The van der Waals surface area contributed by atoms with Crippen molar-refractivity contribution in [1.29, 1.82) is 0 Å². The lowest BCUT2D eigenvalue weighted by Gasteiger charge is -2.35. The molecule has 21 heavy (non-hydrogen) atoms. The molecule has 0 radical (unpaired) electrons. The Morgan fingerprint density at radius 2 is 1.81 bits per heavy atom. The van der Waals surface area contributed by atoms with E-state index in [4.69, 9.17) is 14.7 Å². The van der Waals surface area contributed by atoms with Gasteiger partial charge in [-0.25, -0.2) is 4.79 Å². The minimum absolute atomic E-state index is 0.0432. The molecule has 1 aromatic rings. The summed E-state index contributed by atoms with van der Waals surface area (Å²) in [7, 11) is -6.80. The third kappa shape index (κ3) is 4.05. The van der Waals surface area contributed by atoms with E-state index < -0.39 is 29.3 Å². The maximum atomic E-state index is 12.2. The van der Waals surface area contributed by atoms with E-state index in [1.165, 1.54) is 12.1 Å². The van der Waals surface area contributed by atoms with E-state index in [1.807, 2.05) is 33.9 Å². The van der Waals surface area contributed by atoms with Gasteiger partial charge < -0.3 is 10.2 Å². The zero-order valence-corrected chi connectivity index (χ0v) is 14.6. The van der Waals surface area contributed by atoms with Gasteiger partial charge in [0.1, 0.15) is 4.90 Å². The summed E-state index contributed by atoms with van der Waals surface area (Å²) in [6.07, 6.45) is 0. The van der Waals surface area contributed by atoms with Crippen molar-refractivity contribution >= 4 is 30.1 Å². The van der Waals surface area contributed by atoms with Gasteiger partial charge in [-0.15, -0.1) is 0 Å². The smallest absolute Gasteiger partial charge is 0.324 e. The molecule has 118 valence electrons. The second-order valence-electron chi connectivity index (χ2n) is 6.38. The molecule has 0 fully saturated rings. The Bertz CT molecular complexity index is 662. The van der Waals surface area contributed by atoms with Crippen molar-refractivity contribution in [2.75, 3.05) is 5.73 Å². The Hall–Kier alpha value is -1.38. The zero-order valence-electron chi connectivity index (χ0n) is 12.8. The van der Waals surface area contributed by atoms with Crippen LogP contribution in [-0.4, -0.2) is 27.3 Å². The summed E-state index contributed by atoms with van der Waals surface area (Å²) in [5, 5.41) is -0.164. The van der Waals surface area contributed by atoms with Gasteiger partial charge >= 0.3 is 5.97 Å². The lowest BCUT2D eigenvalue weighted by atomic mass is 10.2. The van der Waals surface area contributed by atoms with Crippen LogP contribution in [0, 0.1) is 0 Å². The second-order valence-corrected chi connectivity index (χ2v) is 12.5. The summed E-state index contributed by atoms with van der Waals surface area (Å²) >= 11 is 0. The SMILES string of the molecule is CC(C)(C)[Si](C)(C)OC(=O)c1ccc(N)c(S(=O)(=O)O)c1. The van der Waals surface area contributed by atoms with Crippen LogP contribution in [0.5, 0.6) is 0 Å². The van der Waals surface area contributed by atoms with Gasteiger partial charge in [-0.05, 0) is 36.3 Å². The lowest BCUT2D eigenvalue weighted by molar-refractivity contribution is 0.0712. The van der Waals surface area contributed by atoms with E-state index >= 15 is 0 Å². The molecule has 1 aromatic carbocycles. The third-order valence-electron chi connectivity index (χ3n) is 3.68. The Balaban J connectivity index is 3.17. The summed E-state index contributed by atoms with van der Waals surface area (Å²) in [5.74, 6) is -0.619. The number of nitrogens with two attached hydrogens (primary N) is 1. The van der Waals surface area contributed by atoms with Crippen LogP contribution in [-0.2, 0) is 14.5 Å². The molecular weight excluding hydrogens is 310 g/mol. The molecule has 0 heterocycles. The maximum Gasteiger partial charge on any atom is 0.324 e. The van der Waals surface area contributed by atoms with Gasteiger partial charge in [0.2, 0.25) is 0 Å². The van der Waals surface area contributed by atoms with Crippen molar-refractivity contribution in [3.05, 3.63) is 23.8 Å². The van der Waals surface area contributed by atoms with Crippen LogP contribution < -0.4 is 5.73 Å². The van der Waals surface area contributed by atoms with Crippen LogP contribution in [0.4, 0.5) is 5.69 Å². The Labute approximate surface area is 126 Å². The van der Waals surface area contributed by atoms with E-state index in [9.17, 15) is 13.2 Å². The average molecular weight is 331 g/mol. The van der Waals surface area contributed by atoms with Gasteiger partial charge in [-0.1, -0.05) is 20.8 Å². The first-order valence-corrected chi connectivity index (χ1v) is 10.7. The molecule has 3 N–H and O–H groups in total. The molecule has 0 unspecified atom stereocenters. The number of carbonyl (C=O) groups excluding carboxylic acids is 1. The number of anilines is 1. The lowest BCUT2D eigenvalue weighted by Crippen LogP contribution is -2.42. The van der Waals surface area contributed by atoms with E-state index in [2.05, 4.69) is 0 Å². The topological polar surface area (TPSA) is 107 Å². The fraction of sp³-hybridized carbons (Fsp3) is 0.462. The average Bonchev–Trinajstić information content (AvgIpc) is 2.25. The van der Waals surface area contributed by atoms with Crippen molar-refractivity contribution in [2.24, 2.45) is 0 Å². The number of benzene rings is 1. The monoisotopic (exact) mass is 331 g/mol. The molecule has 0 atom stereocenters. The van der Waals surface area contributed by atoms with Crippen LogP contribution in [0.25, 0.3) is 0 Å². The van der Waals surface area contributed by atoms with E-state index in [1.54, 1.807) is 0 Å². The summed E-state index contributed by atoms with van der Waals surface area (Å²) < 4.78 is 37.1. The molecule has 0 saturated heterocycles. The summed E-state index contributed by atoms with van der Waals surface area (Å²) in [6.45, 7) is 9.77. The third-order valence-corrected chi connectivity index (χ3v) is 8.90. The number of rotatable bonds is 3. The van der Waals surface area contributed by atoms with Gasteiger partial charge in [0.05, 0.1) is 11.3 Å². The molecule has 0 saturated carbocycles. The second kappa shape index (κ2) is 5.43. The van der Waals surface area contributed by atoms with Gasteiger partial charge in [-0.2, -0.15) is 8.42 Å². The molecule has 0 bridgehead atoms. The van der Waals surface area contributed by atoms with Gasteiger partial charge in [0.15, 0.2) is 0 Å². The number of hydrogen-bond donors (Lipinski definition) is 2. The highest BCUT2D eigenvalue weighted by Crippen LogP contribution is 2.37. The zero-order chi connectivity index (χ0) is 16.6. The van der Waals surface area contributed by atoms with Crippen molar-refractivity contribution in [3.8, 4) is 0 Å². The quantitative estimate of drug-likeness (QED) is 0.501. The minimum atomic E-state index is -4.48. The highest BCUT2D eigenvalue weighted by molar-refractivity contribution is 7.86. The van der Waals surface area contributed by atoms with Crippen molar-refractivity contribution in [1.82, 2.24) is 0 Å². The standard InChI is InChI=1S/C13H21NO5SSi/c1-13(2,3)21(4,5)19-12(15)9-6-7-10(14)11(8-9)20(16,17)18/h6-8H,14H2,1-5H3,(H,16,17,18). The first-order chi connectivity index (χ1) is 9.25. The fourth-order valence-electron chi connectivity index (χ4n) is 1.33. The summed E-state index contributed by atoms with van der Waals surface area (Å²) in [6, 6.07) is 3.66. The maximum absolute atomic E-state index is 12.2. The molecule has 6 nitrogen and oxygen atoms in total. The largest absolute Gasteiger partial charge is 0.516 e. The molecular formula is C13H21NO5SSi. The first kappa shape index (κ1) is 17.7.